The second kappa shape index (κ2) is 21.6. The third kappa shape index (κ3) is 16.1. The van der Waals surface area contributed by atoms with E-state index in [1.54, 1.807) is 35.3 Å². The van der Waals surface area contributed by atoms with Gasteiger partial charge in [0.25, 0.3) is 0 Å². The highest BCUT2D eigenvalue weighted by Crippen LogP contribution is 2.33. The Labute approximate surface area is 295 Å². The van der Waals surface area contributed by atoms with Crippen LogP contribution in [-0.2, 0) is 24.0 Å². The van der Waals surface area contributed by atoms with Gasteiger partial charge in [-0.05, 0) is 37.6 Å². The molecule has 264 valence electrons. The zero-order valence-electron chi connectivity index (χ0n) is 27.0. The van der Waals surface area contributed by atoms with E-state index in [0.717, 1.165) is 76.0 Å². The van der Waals surface area contributed by atoms with Crippen molar-refractivity contribution in [2.24, 2.45) is 0 Å². The summed E-state index contributed by atoms with van der Waals surface area (Å²) in [5.41, 5.74) is 3.91. The van der Waals surface area contributed by atoms with Crippen molar-refractivity contribution in [3.8, 4) is 0 Å². The molecule has 3 aromatic rings. The number of carboxylic acids is 4. The van der Waals surface area contributed by atoms with Gasteiger partial charge in [0, 0.05) is 73.4 Å². The molecule has 0 unspecified atom stereocenters. The summed E-state index contributed by atoms with van der Waals surface area (Å²) in [6.07, 6.45) is 6.25. The minimum atomic E-state index is -1.26. The number of rotatable bonds is 13. The van der Waals surface area contributed by atoms with E-state index in [2.05, 4.69) is 36.1 Å². The van der Waals surface area contributed by atoms with Gasteiger partial charge in [0.15, 0.2) is 5.16 Å². The number of hydrogen-bond acceptors (Lipinski definition) is 12. The summed E-state index contributed by atoms with van der Waals surface area (Å²) in [5.74, 6) is -4.00. The quantitative estimate of drug-likeness (QED) is 0.109. The van der Waals surface area contributed by atoms with E-state index < -0.39 is 23.9 Å². The molecule has 0 spiro atoms. The molecule has 49 heavy (non-hydrogen) atoms. The second-order valence-corrected chi connectivity index (χ2v) is 12.7. The van der Waals surface area contributed by atoms with Crippen molar-refractivity contribution in [1.29, 1.82) is 0 Å². The predicted octanol–water partition coefficient (Wildman–Crippen LogP) is 3.48. The third-order valence-electron chi connectivity index (χ3n) is 6.34. The highest BCUT2D eigenvalue weighted by atomic mass is 32.2. The van der Waals surface area contributed by atoms with Crippen LogP contribution in [0.25, 0.3) is 11.0 Å². The maximum Gasteiger partial charge on any atom is 0.328 e. The lowest BCUT2D eigenvalue weighted by Crippen LogP contribution is -2.49. The molecule has 0 atom stereocenters. The van der Waals surface area contributed by atoms with Gasteiger partial charge in [-0.2, -0.15) is 0 Å². The number of para-hydroxylation sites is 2. The van der Waals surface area contributed by atoms with Crippen molar-refractivity contribution < 1.29 is 44.4 Å². The van der Waals surface area contributed by atoms with Crippen molar-refractivity contribution in [2.45, 2.75) is 22.0 Å². The summed E-state index contributed by atoms with van der Waals surface area (Å²) in [6, 6.07) is 10.2. The molecule has 15 nitrogen and oxygen atoms in total. The van der Waals surface area contributed by atoms with Gasteiger partial charge in [0.2, 0.25) is 5.91 Å². The maximum atomic E-state index is 12.8. The molecule has 1 aliphatic heterocycles. The molecular formula is C31H38N6O9S3. The zero-order chi connectivity index (χ0) is 36.3. The van der Waals surface area contributed by atoms with E-state index in [1.165, 1.54) is 0 Å². The molecule has 1 aromatic carbocycles. The van der Waals surface area contributed by atoms with Crippen LogP contribution in [0.1, 0.15) is 5.69 Å². The highest BCUT2D eigenvalue weighted by molar-refractivity contribution is 7.99. The van der Waals surface area contributed by atoms with Gasteiger partial charge in [-0.15, -0.1) is 23.5 Å². The van der Waals surface area contributed by atoms with E-state index in [-0.39, 0.29) is 5.91 Å². The first-order valence-electron chi connectivity index (χ1n) is 14.5. The second-order valence-electron chi connectivity index (χ2n) is 9.94. The number of amides is 1. The maximum absolute atomic E-state index is 12.8. The minimum Gasteiger partial charge on any atom is -0.478 e. The number of fused-ring (bicyclic) bond motifs is 1. The number of H-pyrrole nitrogens is 1. The summed E-state index contributed by atoms with van der Waals surface area (Å²) in [4.78, 5) is 69.3. The number of nitrogens with zero attached hydrogens (tertiary/aromatic N) is 4. The number of carboxylic acid groups (broad SMARTS) is 4. The van der Waals surface area contributed by atoms with Crippen LogP contribution in [0.5, 0.6) is 0 Å². The molecule has 1 saturated heterocycles. The number of aliphatic carboxylic acids is 4. The fourth-order valence-electron chi connectivity index (χ4n) is 4.15. The average Bonchev–Trinajstić information content (AvgIpc) is 3.47. The molecule has 0 saturated carbocycles. The van der Waals surface area contributed by atoms with Gasteiger partial charge < -0.3 is 30.7 Å². The fourth-order valence-corrected chi connectivity index (χ4v) is 6.34. The van der Waals surface area contributed by atoms with E-state index in [9.17, 15) is 24.0 Å². The van der Waals surface area contributed by atoms with Crippen LogP contribution in [0.4, 0.5) is 5.69 Å². The molecule has 1 fully saturated rings. The van der Waals surface area contributed by atoms with E-state index in [0.29, 0.717) is 30.8 Å². The van der Waals surface area contributed by atoms with E-state index in [4.69, 9.17) is 20.4 Å². The highest BCUT2D eigenvalue weighted by Gasteiger charge is 2.20. The molecule has 0 radical (unpaired) electrons. The van der Waals surface area contributed by atoms with Crippen molar-refractivity contribution in [3.05, 3.63) is 60.3 Å². The Morgan fingerprint density at radius 1 is 0.837 bits per heavy atom. The standard InChI is InChI=1S/C23H30N6OS3.2C4H4O4/c1-16-14-19(31-2)21(22(24-16)32-3)27-20(30)15-29-10-8-28(9-11-29)12-13-33-23-25-17-6-4-5-7-18(17)26-23;2*5-3(6)1-2-4(7)8/h4-7,14H,8-13,15H2,1-3H3,(H,25,26)(H,27,30);2*1-2H,(H,5,6)(H,7,8)/b;2*2-1-. The monoisotopic (exact) mass is 734 g/mol. The summed E-state index contributed by atoms with van der Waals surface area (Å²) < 4.78 is 0. The molecule has 2 aromatic heterocycles. The van der Waals surface area contributed by atoms with E-state index >= 15 is 0 Å². The normalized spacial score (nSPS) is 13.4. The van der Waals surface area contributed by atoms with Crippen molar-refractivity contribution in [3.63, 3.8) is 0 Å². The summed E-state index contributed by atoms with van der Waals surface area (Å²) in [5, 5.41) is 36.2. The van der Waals surface area contributed by atoms with Gasteiger partial charge >= 0.3 is 23.9 Å². The Morgan fingerprint density at radius 2 is 1.39 bits per heavy atom. The largest absolute Gasteiger partial charge is 0.478 e. The number of piperazine rings is 1. The number of pyridine rings is 1. The number of imidazole rings is 1. The molecule has 3 heterocycles. The first kappa shape index (κ1) is 40.8. The number of carbonyl (C=O) groups excluding carboxylic acids is 1. The van der Waals surface area contributed by atoms with Crippen molar-refractivity contribution in [1.82, 2.24) is 24.8 Å². The summed E-state index contributed by atoms with van der Waals surface area (Å²) >= 11 is 4.97. The zero-order valence-corrected chi connectivity index (χ0v) is 29.4. The molecule has 6 N–H and O–H groups in total. The molecule has 1 aliphatic rings. The Hall–Kier alpha value is -4.36. The van der Waals surface area contributed by atoms with Gasteiger partial charge in [-0.25, -0.2) is 29.1 Å². The number of hydrogen-bond donors (Lipinski definition) is 6. The van der Waals surface area contributed by atoms with E-state index in [1.807, 2.05) is 43.7 Å². The number of thioether (sulfide) groups is 3. The lowest BCUT2D eigenvalue weighted by atomic mass is 10.3. The van der Waals surface area contributed by atoms with Crippen molar-refractivity contribution in [2.75, 3.05) is 62.8 Å². The fraction of sp³-hybridized carbons (Fsp3) is 0.323. The average molecular weight is 735 g/mol. The Kier molecular flexibility index (Phi) is 18.0. The van der Waals surface area contributed by atoms with Gasteiger partial charge in [-0.3, -0.25) is 14.6 Å². The SMILES string of the molecule is CSc1cc(C)nc(SC)c1NC(=O)CN1CCN(CCSc2nc3ccccc3[nH]2)CC1.O=C(O)/C=C\C(=O)O.O=C(O)/C=C\C(=O)O. The molecular weight excluding hydrogens is 697 g/mol. The van der Waals surface area contributed by atoms with Crippen LogP contribution in [0.15, 0.2) is 69.7 Å². The lowest BCUT2D eigenvalue weighted by Gasteiger charge is -2.34. The molecule has 1 amide bonds. The Bertz CT molecular complexity index is 1530. The van der Waals surface area contributed by atoms with Gasteiger partial charge in [0.1, 0.15) is 5.03 Å². The topological polar surface area (TPSA) is 226 Å². The number of nitrogens with one attached hydrogen (secondary N) is 2. The number of aromatic amines is 1. The van der Waals surface area contributed by atoms with Crippen LogP contribution in [0, 0.1) is 6.92 Å². The Morgan fingerprint density at radius 3 is 1.90 bits per heavy atom. The first-order valence-corrected chi connectivity index (χ1v) is 17.9. The number of benzene rings is 1. The number of aryl methyl sites for hydroxylation is 1. The minimum absolute atomic E-state index is 0.0279. The summed E-state index contributed by atoms with van der Waals surface area (Å²) in [6.45, 7) is 7.18. The number of carbonyl (C=O) groups is 5. The summed E-state index contributed by atoms with van der Waals surface area (Å²) in [7, 11) is 0. The molecule has 0 bridgehead atoms. The van der Waals surface area contributed by atoms with Gasteiger partial charge in [-0.1, -0.05) is 23.9 Å². The van der Waals surface area contributed by atoms with Crippen LogP contribution < -0.4 is 5.32 Å². The molecule has 18 heteroatoms. The van der Waals surface area contributed by atoms with Gasteiger partial charge in [0.05, 0.1) is 23.3 Å². The van der Waals surface area contributed by atoms with Crippen LogP contribution in [0.2, 0.25) is 0 Å². The smallest absolute Gasteiger partial charge is 0.328 e. The molecule has 0 aliphatic carbocycles. The molecule has 4 rings (SSSR count). The van der Waals surface area contributed by atoms with Crippen LogP contribution in [-0.4, -0.2) is 132 Å². The third-order valence-corrected chi connectivity index (χ3v) is 8.64. The lowest BCUT2D eigenvalue weighted by molar-refractivity contribution is -0.134. The number of aromatic nitrogens is 3. The van der Waals surface area contributed by atoms with Crippen molar-refractivity contribution >= 4 is 81.8 Å². The van der Waals surface area contributed by atoms with Crippen LogP contribution >= 0.6 is 35.3 Å². The Balaban J connectivity index is 0.000000432. The predicted molar refractivity (Wildman–Crippen MR) is 190 cm³/mol. The first-order chi connectivity index (χ1) is 23.3. The van der Waals surface area contributed by atoms with Crippen LogP contribution in [0.3, 0.4) is 0 Å². The number of anilines is 1.